The van der Waals surface area contributed by atoms with Gasteiger partial charge in [0.15, 0.2) is 10.8 Å². The maximum Gasteiger partial charge on any atom is 0.280 e. The summed E-state index contributed by atoms with van der Waals surface area (Å²) in [5.74, 6) is -0.0991. The van der Waals surface area contributed by atoms with Gasteiger partial charge < -0.3 is 4.90 Å². The Morgan fingerprint density at radius 3 is 2.62 bits per heavy atom. The zero-order valence-corrected chi connectivity index (χ0v) is 16.8. The minimum atomic E-state index is -0.0991. The monoisotopic (exact) mass is 371 g/mol. The molecule has 0 unspecified atom stereocenters. The molecule has 3 rings (SSSR count). The van der Waals surface area contributed by atoms with Crippen molar-refractivity contribution in [3.05, 3.63) is 41.2 Å². The van der Waals surface area contributed by atoms with Gasteiger partial charge in [-0.05, 0) is 58.6 Å². The minimum absolute atomic E-state index is 0.0991. The average Bonchev–Trinajstić information content (AvgIpc) is 3.17. The van der Waals surface area contributed by atoms with E-state index in [1.807, 2.05) is 50.8 Å². The van der Waals surface area contributed by atoms with Gasteiger partial charge in [-0.25, -0.2) is 4.98 Å². The molecule has 0 aliphatic heterocycles. The summed E-state index contributed by atoms with van der Waals surface area (Å²) in [7, 11) is 4.00. The molecule has 0 atom stereocenters. The summed E-state index contributed by atoms with van der Waals surface area (Å²) in [5, 5.41) is 5.18. The van der Waals surface area contributed by atoms with Gasteiger partial charge in [-0.1, -0.05) is 17.4 Å². The van der Waals surface area contributed by atoms with Gasteiger partial charge in [0.05, 0.1) is 10.2 Å². The second kappa shape index (κ2) is 7.55. The van der Waals surface area contributed by atoms with Crippen molar-refractivity contribution < 1.29 is 4.79 Å². The minimum Gasteiger partial charge on any atom is -0.308 e. The second-order valence-corrected chi connectivity index (χ2v) is 7.72. The highest BCUT2D eigenvalue weighted by Crippen LogP contribution is 2.30. The predicted octanol–water partition coefficient (Wildman–Crippen LogP) is 3.34. The second-order valence-electron chi connectivity index (χ2n) is 6.71. The molecule has 1 amide bonds. The Morgan fingerprint density at radius 1 is 1.19 bits per heavy atom. The number of aryl methyl sites for hydroxylation is 3. The van der Waals surface area contributed by atoms with Crippen LogP contribution >= 0.6 is 11.3 Å². The number of carbonyl (C=O) groups excluding carboxylic acids is 1. The maximum atomic E-state index is 13.2. The number of likely N-dealkylation sites (N-methyl/N-ethyl adjacent to an activating group) is 1. The van der Waals surface area contributed by atoms with Crippen LogP contribution in [0.5, 0.6) is 0 Å². The number of anilines is 1. The standard InChI is InChI=1S/C19H25N5OS/c1-6-24-14(3)12-16(21-24)18(25)23(10-9-22(4)5)19-20-15-8-7-13(2)11-17(15)26-19/h7-8,11-12H,6,9-10H2,1-5H3. The van der Waals surface area contributed by atoms with Crippen molar-refractivity contribution in [2.24, 2.45) is 0 Å². The van der Waals surface area contributed by atoms with E-state index in [1.165, 1.54) is 5.56 Å². The van der Waals surface area contributed by atoms with E-state index in [2.05, 4.69) is 23.0 Å². The van der Waals surface area contributed by atoms with E-state index in [1.54, 1.807) is 16.2 Å². The van der Waals surface area contributed by atoms with Crippen LogP contribution in [0.1, 0.15) is 28.7 Å². The molecule has 0 fully saturated rings. The SMILES string of the molecule is CCn1nc(C(=O)N(CCN(C)C)c2nc3ccc(C)cc3s2)cc1C. The number of nitrogens with zero attached hydrogens (tertiary/aromatic N) is 5. The third kappa shape index (κ3) is 3.78. The van der Waals surface area contributed by atoms with Crippen molar-refractivity contribution in [2.45, 2.75) is 27.3 Å². The lowest BCUT2D eigenvalue weighted by atomic mass is 10.2. The molecular formula is C19H25N5OS. The van der Waals surface area contributed by atoms with E-state index in [0.717, 1.165) is 34.1 Å². The molecule has 0 aliphatic rings. The zero-order valence-electron chi connectivity index (χ0n) is 16.0. The summed E-state index contributed by atoms with van der Waals surface area (Å²) < 4.78 is 2.94. The molecule has 3 aromatic rings. The first-order valence-corrected chi connectivity index (χ1v) is 9.59. The molecule has 0 N–H and O–H groups in total. The molecule has 0 spiro atoms. The normalized spacial score (nSPS) is 11.5. The summed E-state index contributed by atoms with van der Waals surface area (Å²) in [4.78, 5) is 21.7. The number of aromatic nitrogens is 3. The van der Waals surface area contributed by atoms with E-state index in [4.69, 9.17) is 4.98 Å². The molecular weight excluding hydrogens is 346 g/mol. The topological polar surface area (TPSA) is 54.3 Å². The van der Waals surface area contributed by atoms with Gasteiger partial charge in [-0.15, -0.1) is 0 Å². The zero-order chi connectivity index (χ0) is 18.8. The molecule has 26 heavy (non-hydrogen) atoms. The van der Waals surface area contributed by atoms with Crippen LogP contribution in [0, 0.1) is 13.8 Å². The van der Waals surface area contributed by atoms with E-state index in [-0.39, 0.29) is 5.91 Å². The number of carbonyl (C=O) groups is 1. The lowest BCUT2D eigenvalue weighted by molar-refractivity contribution is 0.0979. The number of amides is 1. The van der Waals surface area contributed by atoms with Crippen LogP contribution in [-0.2, 0) is 6.54 Å². The lowest BCUT2D eigenvalue weighted by Crippen LogP contribution is -2.37. The smallest absolute Gasteiger partial charge is 0.280 e. The van der Waals surface area contributed by atoms with Crippen LogP contribution in [-0.4, -0.2) is 52.8 Å². The van der Waals surface area contributed by atoms with Crippen LogP contribution in [0.2, 0.25) is 0 Å². The molecule has 138 valence electrons. The van der Waals surface area contributed by atoms with Crippen molar-refractivity contribution in [2.75, 3.05) is 32.1 Å². The number of benzene rings is 1. The Balaban J connectivity index is 1.98. The van der Waals surface area contributed by atoms with Crippen LogP contribution in [0.25, 0.3) is 10.2 Å². The average molecular weight is 372 g/mol. The van der Waals surface area contributed by atoms with E-state index < -0.39 is 0 Å². The fourth-order valence-corrected chi connectivity index (χ4v) is 3.88. The van der Waals surface area contributed by atoms with Crippen LogP contribution in [0.3, 0.4) is 0 Å². The van der Waals surface area contributed by atoms with Gasteiger partial charge in [0.1, 0.15) is 0 Å². The molecule has 0 radical (unpaired) electrons. The number of hydrogen-bond acceptors (Lipinski definition) is 5. The van der Waals surface area contributed by atoms with E-state index >= 15 is 0 Å². The van der Waals surface area contributed by atoms with E-state index in [0.29, 0.717) is 12.2 Å². The van der Waals surface area contributed by atoms with Gasteiger partial charge in [-0.2, -0.15) is 5.10 Å². The molecule has 0 bridgehead atoms. The fourth-order valence-electron chi connectivity index (χ4n) is 2.79. The molecule has 6 nitrogen and oxygen atoms in total. The van der Waals surface area contributed by atoms with Gasteiger partial charge in [0.2, 0.25) is 0 Å². The highest BCUT2D eigenvalue weighted by molar-refractivity contribution is 7.22. The first-order valence-electron chi connectivity index (χ1n) is 8.77. The fraction of sp³-hybridized carbons (Fsp3) is 0.421. The highest BCUT2D eigenvalue weighted by atomic mass is 32.1. The van der Waals surface area contributed by atoms with Gasteiger partial charge in [0.25, 0.3) is 5.91 Å². The van der Waals surface area contributed by atoms with Gasteiger partial charge >= 0.3 is 0 Å². The highest BCUT2D eigenvalue weighted by Gasteiger charge is 2.24. The Bertz CT molecular complexity index is 927. The first-order chi connectivity index (χ1) is 12.4. The molecule has 0 saturated carbocycles. The molecule has 0 saturated heterocycles. The van der Waals surface area contributed by atoms with Crippen molar-refractivity contribution in [3.63, 3.8) is 0 Å². The van der Waals surface area contributed by atoms with Gasteiger partial charge in [-0.3, -0.25) is 14.4 Å². The number of hydrogen-bond donors (Lipinski definition) is 0. The molecule has 2 aromatic heterocycles. The van der Waals surface area contributed by atoms with Crippen LogP contribution < -0.4 is 4.90 Å². The summed E-state index contributed by atoms with van der Waals surface area (Å²) in [6.45, 7) is 8.13. The van der Waals surface area contributed by atoms with Gasteiger partial charge in [0, 0.05) is 25.3 Å². The quantitative estimate of drug-likeness (QED) is 0.667. The summed E-state index contributed by atoms with van der Waals surface area (Å²) in [6, 6.07) is 8.02. The Morgan fingerprint density at radius 2 is 1.96 bits per heavy atom. The molecule has 1 aromatic carbocycles. The van der Waals surface area contributed by atoms with Crippen molar-refractivity contribution in [1.82, 2.24) is 19.7 Å². The lowest BCUT2D eigenvalue weighted by Gasteiger charge is -2.21. The van der Waals surface area contributed by atoms with E-state index in [9.17, 15) is 4.79 Å². The summed E-state index contributed by atoms with van der Waals surface area (Å²) >= 11 is 1.55. The number of fused-ring (bicyclic) bond motifs is 1. The maximum absolute atomic E-state index is 13.2. The molecule has 0 aliphatic carbocycles. The number of rotatable bonds is 6. The third-order valence-corrected chi connectivity index (χ3v) is 5.32. The van der Waals surface area contributed by atoms with Crippen LogP contribution in [0.4, 0.5) is 5.13 Å². The van der Waals surface area contributed by atoms with Crippen molar-refractivity contribution in [1.29, 1.82) is 0 Å². The largest absolute Gasteiger partial charge is 0.308 e. The third-order valence-electron chi connectivity index (χ3n) is 4.28. The van der Waals surface area contributed by atoms with Crippen molar-refractivity contribution >= 4 is 32.6 Å². The van der Waals surface area contributed by atoms with Crippen LogP contribution in [0.15, 0.2) is 24.3 Å². The summed E-state index contributed by atoms with van der Waals surface area (Å²) in [6.07, 6.45) is 0. The Hall–Kier alpha value is -2.25. The Labute approximate surface area is 158 Å². The molecule has 2 heterocycles. The molecule has 7 heteroatoms. The van der Waals surface area contributed by atoms with Crippen molar-refractivity contribution in [3.8, 4) is 0 Å². The Kier molecular flexibility index (Phi) is 5.38. The predicted molar refractivity (Wildman–Crippen MR) is 107 cm³/mol. The summed E-state index contributed by atoms with van der Waals surface area (Å²) in [5.41, 5.74) is 3.58. The first kappa shape index (κ1) is 18.5. The number of thiazole rings is 1.